The van der Waals surface area contributed by atoms with Crippen molar-refractivity contribution in [1.29, 1.82) is 0 Å². The maximum atomic E-state index is 12.8. The van der Waals surface area contributed by atoms with Gasteiger partial charge < -0.3 is 19.6 Å². The second-order valence-electron chi connectivity index (χ2n) is 4.09. The molecule has 1 aromatic carbocycles. The zero-order valence-corrected chi connectivity index (χ0v) is 11.3. The van der Waals surface area contributed by atoms with Crippen molar-refractivity contribution in [3.05, 3.63) is 47.5 Å². The van der Waals surface area contributed by atoms with E-state index in [-0.39, 0.29) is 18.2 Å². The maximum Gasteiger partial charge on any atom is 0.168 e. The minimum absolute atomic E-state index is 0.217. The van der Waals surface area contributed by atoms with Gasteiger partial charge in [0, 0.05) is 18.5 Å². The highest BCUT2D eigenvalue weighted by atomic mass is 32.2. The normalized spacial score (nSPS) is 10.7. The van der Waals surface area contributed by atoms with E-state index in [1.807, 2.05) is 0 Å². The van der Waals surface area contributed by atoms with E-state index in [0.29, 0.717) is 17.4 Å². The molecule has 0 radical (unpaired) electrons. The molecule has 2 rings (SSSR count). The van der Waals surface area contributed by atoms with Gasteiger partial charge in [-0.2, -0.15) is 0 Å². The number of aliphatic carboxylic acids is 1. The molecule has 1 heterocycles. The van der Waals surface area contributed by atoms with Crippen LogP contribution in [0, 0.1) is 5.82 Å². The SMILES string of the molecule is O=C([O-])CSc1nc(CO)cn1Cc1ccc(F)cc1. The summed E-state index contributed by atoms with van der Waals surface area (Å²) in [6.07, 6.45) is 1.64. The summed E-state index contributed by atoms with van der Waals surface area (Å²) in [5.41, 5.74) is 1.30. The number of aromatic nitrogens is 2. The van der Waals surface area contributed by atoms with Crippen LogP contribution in [0.1, 0.15) is 11.3 Å². The lowest BCUT2D eigenvalue weighted by atomic mass is 10.2. The van der Waals surface area contributed by atoms with Crippen LogP contribution in [-0.4, -0.2) is 26.4 Å². The molecule has 20 heavy (non-hydrogen) atoms. The van der Waals surface area contributed by atoms with E-state index < -0.39 is 5.97 Å². The molecule has 0 saturated carbocycles. The summed E-state index contributed by atoms with van der Waals surface area (Å²) < 4.78 is 14.6. The molecule has 0 bridgehead atoms. The number of halogens is 1. The number of hydrogen-bond acceptors (Lipinski definition) is 5. The number of benzene rings is 1. The van der Waals surface area contributed by atoms with Gasteiger partial charge in [0.15, 0.2) is 5.16 Å². The molecular formula is C13H12FN2O3S-. The first-order valence-corrected chi connectivity index (χ1v) is 6.81. The summed E-state index contributed by atoms with van der Waals surface area (Å²) in [6.45, 7) is 0.192. The number of hydrogen-bond donors (Lipinski definition) is 1. The van der Waals surface area contributed by atoms with Gasteiger partial charge in [0.1, 0.15) is 5.82 Å². The molecule has 5 nitrogen and oxygen atoms in total. The third-order valence-electron chi connectivity index (χ3n) is 2.54. The summed E-state index contributed by atoms with van der Waals surface area (Å²) in [7, 11) is 0. The summed E-state index contributed by atoms with van der Waals surface area (Å²) in [4.78, 5) is 14.6. The van der Waals surface area contributed by atoms with Crippen LogP contribution in [0.3, 0.4) is 0 Å². The predicted molar refractivity (Wildman–Crippen MR) is 69.4 cm³/mol. The number of aliphatic hydroxyl groups excluding tert-OH is 1. The Kier molecular flexibility index (Phi) is 4.75. The largest absolute Gasteiger partial charge is 0.549 e. The number of nitrogens with zero attached hydrogens (tertiary/aromatic N) is 2. The van der Waals surface area contributed by atoms with Gasteiger partial charge in [0.05, 0.1) is 18.3 Å². The molecular weight excluding hydrogens is 283 g/mol. The van der Waals surface area contributed by atoms with Crippen LogP contribution in [0.25, 0.3) is 0 Å². The van der Waals surface area contributed by atoms with Crippen LogP contribution in [0.5, 0.6) is 0 Å². The number of carbonyl (C=O) groups is 1. The van der Waals surface area contributed by atoms with E-state index in [1.54, 1.807) is 22.9 Å². The highest BCUT2D eigenvalue weighted by Gasteiger charge is 2.09. The van der Waals surface area contributed by atoms with E-state index in [1.165, 1.54) is 12.1 Å². The lowest BCUT2D eigenvalue weighted by Gasteiger charge is -2.07. The van der Waals surface area contributed by atoms with Gasteiger partial charge in [-0.05, 0) is 17.7 Å². The molecule has 0 spiro atoms. The Balaban J connectivity index is 2.18. The fourth-order valence-corrected chi connectivity index (χ4v) is 2.38. The topological polar surface area (TPSA) is 78.2 Å². The quantitative estimate of drug-likeness (QED) is 0.781. The molecule has 2 aromatic rings. The summed E-state index contributed by atoms with van der Waals surface area (Å²) in [5, 5.41) is 20.1. The van der Waals surface area contributed by atoms with Gasteiger partial charge in [-0.15, -0.1) is 0 Å². The van der Waals surface area contributed by atoms with Gasteiger partial charge in [0.2, 0.25) is 0 Å². The monoisotopic (exact) mass is 295 g/mol. The average molecular weight is 295 g/mol. The van der Waals surface area contributed by atoms with Crippen LogP contribution in [0.2, 0.25) is 0 Å². The average Bonchev–Trinajstić information content (AvgIpc) is 2.81. The van der Waals surface area contributed by atoms with Gasteiger partial charge in [-0.25, -0.2) is 9.37 Å². The molecule has 0 saturated heterocycles. The predicted octanol–water partition coefficient (Wildman–Crippen LogP) is 0.405. The highest BCUT2D eigenvalue weighted by Crippen LogP contribution is 2.19. The molecule has 0 unspecified atom stereocenters. The molecule has 1 aromatic heterocycles. The first kappa shape index (κ1) is 14.5. The maximum absolute atomic E-state index is 12.8. The van der Waals surface area contributed by atoms with Crippen molar-refractivity contribution >= 4 is 17.7 Å². The Morgan fingerprint density at radius 2 is 2.10 bits per heavy atom. The number of imidazole rings is 1. The third-order valence-corrected chi connectivity index (χ3v) is 3.50. The van der Waals surface area contributed by atoms with Crippen LogP contribution >= 0.6 is 11.8 Å². The van der Waals surface area contributed by atoms with E-state index in [2.05, 4.69) is 4.98 Å². The first-order chi connectivity index (χ1) is 9.58. The molecule has 0 atom stereocenters. The molecule has 0 aliphatic heterocycles. The molecule has 0 aliphatic rings. The number of rotatable bonds is 6. The smallest absolute Gasteiger partial charge is 0.168 e. The fraction of sp³-hybridized carbons (Fsp3) is 0.231. The highest BCUT2D eigenvalue weighted by molar-refractivity contribution is 7.99. The summed E-state index contributed by atoms with van der Waals surface area (Å²) in [6, 6.07) is 5.99. The van der Waals surface area contributed by atoms with E-state index in [9.17, 15) is 14.3 Å². The molecule has 1 N–H and O–H groups in total. The van der Waals surface area contributed by atoms with E-state index in [0.717, 1.165) is 17.3 Å². The molecule has 0 aliphatic carbocycles. The van der Waals surface area contributed by atoms with Gasteiger partial charge >= 0.3 is 0 Å². The number of carbonyl (C=O) groups excluding carboxylic acids is 1. The Bertz CT molecular complexity index is 598. The van der Waals surface area contributed by atoms with Crippen molar-refractivity contribution in [2.24, 2.45) is 0 Å². The number of thioether (sulfide) groups is 1. The van der Waals surface area contributed by atoms with E-state index >= 15 is 0 Å². The zero-order valence-electron chi connectivity index (χ0n) is 10.5. The van der Waals surface area contributed by atoms with Crippen LogP contribution < -0.4 is 5.11 Å². The van der Waals surface area contributed by atoms with Crippen molar-refractivity contribution in [2.45, 2.75) is 18.3 Å². The van der Waals surface area contributed by atoms with Gasteiger partial charge in [-0.1, -0.05) is 23.9 Å². The standard InChI is InChI=1S/C13H13FN2O3S/c14-10-3-1-9(2-4-10)5-16-6-11(7-17)15-13(16)20-8-12(18)19/h1-4,6,17H,5,7-8H2,(H,18,19)/p-1. The molecule has 0 amide bonds. The Morgan fingerprint density at radius 1 is 1.40 bits per heavy atom. The zero-order chi connectivity index (χ0) is 14.5. The van der Waals surface area contributed by atoms with Crippen LogP contribution in [0.4, 0.5) is 4.39 Å². The minimum atomic E-state index is -1.18. The second-order valence-corrected chi connectivity index (χ2v) is 5.03. The number of aliphatic hydroxyl groups is 1. The van der Waals surface area contributed by atoms with Crippen molar-refractivity contribution in [1.82, 2.24) is 9.55 Å². The van der Waals surface area contributed by atoms with Crippen LogP contribution in [-0.2, 0) is 17.9 Å². The third kappa shape index (κ3) is 3.82. The van der Waals surface area contributed by atoms with Crippen molar-refractivity contribution in [3.8, 4) is 0 Å². The van der Waals surface area contributed by atoms with Crippen molar-refractivity contribution < 1.29 is 19.4 Å². The lowest BCUT2D eigenvalue weighted by Crippen LogP contribution is -2.24. The molecule has 0 fully saturated rings. The number of carboxylic acids is 1. The van der Waals surface area contributed by atoms with Crippen molar-refractivity contribution in [3.63, 3.8) is 0 Å². The minimum Gasteiger partial charge on any atom is -0.549 e. The Labute approximate surface area is 119 Å². The van der Waals surface area contributed by atoms with Crippen LogP contribution in [0.15, 0.2) is 35.6 Å². The Hall–Kier alpha value is -1.86. The summed E-state index contributed by atoms with van der Waals surface area (Å²) in [5.74, 6) is -1.72. The molecule has 106 valence electrons. The van der Waals surface area contributed by atoms with Gasteiger partial charge in [0.25, 0.3) is 0 Å². The number of carboxylic acid groups (broad SMARTS) is 1. The Morgan fingerprint density at radius 3 is 2.70 bits per heavy atom. The van der Waals surface area contributed by atoms with Crippen molar-refractivity contribution in [2.75, 3.05) is 5.75 Å². The first-order valence-electron chi connectivity index (χ1n) is 5.82. The molecule has 7 heteroatoms. The van der Waals surface area contributed by atoms with E-state index in [4.69, 9.17) is 5.11 Å². The summed E-state index contributed by atoms with van der Waals surface area (Å²) >= 11 is 1.02. The fourth-order valence-electron chi connectivity index (χ4n) is 1.67. The van der Waals surface area contributed by atoms with Gasteiger partial charge in [-0.3, -0.25) is 0 Å². The lowest BCUT2D eigenvalue weighted by molar-refractivity contribution is -0.301. The second kappa shape index (κ2) is 6.53.